The Kier molecular flexibility index (Phi) is 55.2. The Balaban J connectivity index is 2.22. The van der Waals surface area contributed by atoms with Crippen LogP contribution < -0.4 is 5.32 Å². The maximum absolute atomic E-state index is 13.1. The third-order valence-corrected chi connectivity index (χ3v) is 15.1. The number of hydrogen-bond donors (Lipinski definition) is 6. The first-order valence-corrected chi connectivity index (χ1v) is 33.1. The molecule has 1 saturated heterocycles. The summed E-state index contributed by atoms with van der Waals surface area (Å²) in [7, 11) is 0. The van der Waals surface area contributed by atoms with Gasteiger partial charge >= 0.3 is 0 Å². The Morgan fingerprint density at radius 1 is 0.438 bits per heavy atom. The molecule has 80 heavy (non-hydrogen) atoms. The van der Waals surface area contributed by atoms with E-state index in [9.17, 15) is 30.3 Å². The molecule has 460 valence electrons. The lowest BCUT2D eigenvalue weighted by Gasteiger charge is -2.40. The van der Waals surface area contributed by atoms with E-state index in [2.05, 4.69) is 116 Å². The normalized spacial score (nSPS) is 19.2. The van der Waals surface area contributed by atoms with Crippen molar-refractivity contribution in [3.05, 3.63) is 109 Å². The van der Waals surface area contributed by atoms with Gasteiger partial charge in [-0.1, -0.05) is 284 Å². The van der Waals surface area contributed by atoms with Crippen LogP contribution in [-0.4, -0.2) is 87.5 Å². The molecule has 6 N–H and O–H groups in total. The van der Waals surface area contributed by atoms with Gasteiger partial charge in [-0.25, -0.2) is 0 Å². The number of amides is 1. The largest absolute Gasteiger partial charge is 0.394 e. The molecule has 1 amide bonds. The molecule has 0 radical (unpaired) electrons. The number of allylic oxidation sites excluding steroid dienone is 17. The number of aliphatic hydroxyl groups is 5. The average molecular weight is 1120 g/mol. The third kappa shape index (κ3) is 47.4. The van der Waals surface area contributed by atoms with Gasteiger partial charge in [-0.05, 0) is 96.3 Å². The molecule has 1 rings (SSSR count). The lowest BCUT2D eigenvalue weighted by molar-refractivity contribution is -0.302. The minimum atomic E-state index is -1.58. The minimum Gasteiger partial charge on any atom is -0.394 e. The number of aliphatic hydroxyl groups excluding tert-OH is 5. The summed E-state index contributed by atoms with van der Waals surface area (Å²) in [5.41, 5.74) is 0. The quantitative estimate of drug-likeness (QED) is 0.0261. The van der Waals surface area contributed by atoms with Crippen molar-refractivity contribution in [1.29, 1.82) is 0 Å². The van der Waals surface area contributed by atoms with Gasteiger partial charge in [0, 0.05) is 6.42 Å². The lowest BCUT2D eigenvalue weighted by Crippen LogP contribution is -2.60. The first-order chi connectivity index (χ1) is 39.3. The predicted octanol–water partition coefficient (Wildman–Crippen LogP) is 17.7. The Morgan fingerprint density at radius 2 is 0.787 bits per heavy atom. The summed E-state index contributed by atoms with van der Waals surface area (Å²) in [6.45, 7) is 3.66. The van der Waals surface area contributed by atoms with Gasteiger partial charge in [0.05, 0.1) is 25.4 Å². The third-order valence-electron chi connectivity index (χ3n) is 15.1. The van der Waals surface area contributed by atoms with Crippen LogP contribution in [-0.2, 0) is 14.3 Å². The zero-order valence-electron chi connectivity index (χ0n) is 51.3. The Hall–Kier alpha value is -3.15. The molecule has 1 fully saturated rings. The zero-order valence-corrected chi connectivity index (χ0v) is 51.3. The number of hydrogen-bond acceptors (Lipinski definition) is 8. The molecular weight excluding hydrogens is 995 g/mol. The Bertz CT molecular complexity index is 1630. The molecule has 0 aromatic heterocycles. The molecular formula is C71H123NO8. The second-order valence-electron chi connectivity index (χ2n) is 22.5. The van der Waals surface area contributed by atoms with Crippen molar-refractivity contribution in [3.63, 3.8) is 0 Å². The van der Waals surface area contributed by atoms with Gasteiger partial charge in [-0.2, -0.15) is 0 Å². The van der Waals surface area contributed by atoms with Crippen molar-refractivity contribution in [1.82, 2.24) is 5.32 Å². The van der Waals surface area contributed by atoms with Crippen molar-refractivity contribution < 1.29 is 39.8 Å². The number of ether oxygens (including phenoxy) is 2. The Labute approximate surface area is 491 Å². The molecule has 0 saturated carbocycles. The van der Waals surface area contributed by atoms with Crippen molar-refractivity contribution in [2.45, 2.75) is 320 Å². The SMILES string of the molecule is CC/C=C\C/C=C\C/C=C\C/C=C\C/C=C\C/C=C\CCCCCCCCCCC(=O)NC(COC1OC(CO)C(O)C(O)C1O)C(O)/C=C/CC/C=C/CC/C=C/CCCCCCCCCCCCCCCCCCCCCC. The summed E-state index contributed by atoms with van der Waals surface area (Å²) >= 11 is 0. The van der Waals surface area contributed by atoms with Gasteiger partial charge in [0.2, 0.25) is 5.91 Å². The highest BCUT2D eigenvalue weighted by Crippen LogP contribution is 2.23. The maximum Gasteiger partial charge on any atom is 0.220 e. The first-order valence-electron chi connectivity index (χ1n) is 33.1. The summed E-state index contributed by atoms with van der Waals surface area (Å²) in [6.07, 6.45) is 80.3. The van der Waals surface area contributed by atoms with E-state index >= 15 is 0 Å². The topological polar surface area (TPSA) is 149 Å². The van der Waals surface area contributed by atoms with Crippen LogP contribution in [0.3, 0.4) is 0 Å². The number of carbonyl (C=O) groups is 1. The number of rotatable bonds is 56. The number of unbranched alkanes of at least 4 members (excludes halogenated alkanes) is 30. The van der Waals surface area contributed by atoms with Crippen LogP contribution in [0.2, 0.25) is 0 Å². The van der Waals surface area contributed by atoms with Crippen LogP contribution >= 0.6 is 0 Å². The van der Waals surface area contributed by atoms with E-state index in [0.717, 1.165) is 96.3 Å². The van der Waals surface area contributed by atoms with Gasteiger partial charge < -0.3 is 40.3 Å². The summed E-state index contributed by atoms with van der Waals surface area (Å²) in [6, 6.07) is -0.843. The molecule has 0 aliphatic carbocycles. The predicted molar refractivity (Wildman–Crippen MR) is 341 cm³/mol. The van der Waals surface area contributed by atoms with E-state index in [1.807, 2.05) is 6.08 Å². The lowest BCUT2D eigenvalue weighted by atomic mass is 9.99. The molecule has 7 unspecified atom stereocenters. The summed E-state index contributed by atoms with van der Waals surface area (Å²) in [5.74, 6) is -0.202. The highest BCUT2D eigenvalue weighted by Gasteiger charge is 2.44. The standard InChI is InChI=1S/C71H123NO8/c1-3-5-7-9-11-13-15-17-19-21-23-25-27-29-31-32-33-35-36-38-40-42-44-46-48-50-52-54-56-58-60-65(74)64(63-79-71-70(78)69(77)68(76)66(62-73)80-71)72-67(75)61-59-57-55-53-51-49-47-45-43-41-39-37-34-30-28-26-24-22-20-18-16-14-12-10-8-6-4-2/h6,8,12,14,18,20,24,26,30,34,39,41-42,44,50,52,58,60,64-66,68-71,73-74,76-78H,3-5,7,9-11,13,15-17,19,21-23,25,27-29,31-33,35-38,40,43,45-49,51,53-57,59,61-63H2,1-2H3,(H,72,75)/b8-6-,14-12-,20-18-,26-24-,34-30-,41-39-,44-42+,52-50+,60-58+. The first kappa shape index (κ1) is 74.9. The molecule has 7 atom stereocenters. The summed E-state index contributed by atoms with van der Waals surface area (Å²) in [5, 5.41) is 54.7. The van der Waals surface area contributed by atoms with Gasteiger partial charge in [0.1, 0.15) is 24.4 Å². The van der Waals surface area contributed by atoms with Crippen molar-refractivity contribution in [2.24, 2.45) is 0 Å². The molecule has 1 aliphatic heterocycles. The highest BCUT2D eigenvalue weighted by atomic mass is 16.7. The van der Waals surface area contributed by atoms with Gasteiger partial charge in [0.15, 0.2) is 6.29 Å². The maximum atomic E-state index is 13.1. The molecule has 0 aromatic carbocycles. The molecule has 1 aliphatic rings. The molecule has 0 bridgehead atoms. The fourth-order valence-corrected chi connectivity index (χ4v) is 9.90. The van der Waals surface area contributed by atoms with E-state index in [1.165, 1.54) is 161 Å². The van der Waals surface area contributed by atoms with Crippen LogP contribution in [0.25, 0.3) is 0 Å². The fourth-order valence-electron chi connectivity index (χ4n) is 9.90. The fraction of sp³-hybridized carbons (Fsp3) is 0.732. The monoisotopic (exact) mass is 1120 g/mol. The molecule has 0 aromatic rings. The number of nitrogens with one attached hydrogen (secondary N) is 1. The zero-order chi connectivity index (χ0) is 57.9. The van der Waals surface area contributed by atoms with E-state index in [1.54, 1.807) is 6.08 Å². The van der Waals surface area contributed by atoms with Crippen LogP contribution in [0.5, 0.6) is 0 Å². The minimum absolute atomic E-state index is 0.202. The second kappa shape index (κ2) is 59.0. The van der Waals surface area contributed by atoms with E-state index in [-0.39, 0.29) is 12.5 Å². The van der Waals surface area contributed by atoms with E-state index in [4.69, 9.17) is 9.47 Å². The second-order valence-corrected chi connectivity index (χ2v) is 22.5. The van der Waals surface area contributed by atoms with Gasteiger partial charge in [-0.15, -0.1) is 0 Å². The molecule has 0 spiro atoms. The molecule has 9 heteroatoms. The van der Waals surface area contributed by atoms with Gasteiger partial charge in [-0.3, -0.25) is 4.79 Å². The number of carbonyl (C=O) groups excluding carboxylic acids is 1. The van der Waals surface area contributed by atoms with E-state index in [0.29, 0.717) is 6.42 Å². The van der Waals surface area contributed by atoms with Crippen LogP contribution in [0.4, 0.5) is 0 Å². The van der Waals surface area contributed by atoms with Crippen molar-refractivity contribution >= 4 is 5.91 Å². The van der Waals surface area contributed by atoms with Gasteiger partial charge in [0.25, 0.3) is 0 Å². The Morgan fingerprint density at radius 3 is 1.20 bits per heavy atom. The summed E-state index contributed by atoms with van der Waals surface area (Å²) in [4.78, 5) is 13.1. The smallest absolute Gasteiger partial charge is 0.220 e. The van der Waals surface area contributed by atoms with Crippen molar-refractivity contribution in [2.75, 3.05) is 13.2 Å². The molecule has 9 nitrogen and oxygen atoms in total. The average Bonchev–Trinajstić information content (AvgIpc) is 3.46. The summed E-state index contributed by atoms with van der Waals surface area (Å²) < 4.78 is 11.3. The van der Waals surface area contributed by atoms with E-state index < -0.39 is 49.5 Å². The highest BCUT2D eigenvalue weighted by molar-refractivity contribution is 5.76. The van der Waals surface area contributed by atoms with Crippen LogP contribution in [0, 0.1) is 0 Å². The van der Waals surface area contributed by atoms with Crippen molar-refractivity contribution in [3.8, 4) is 0 Å². The van der Waals surface area contributed by atoms with Crippen LogP contribution in [0.1, 0.15) is 277 Å². The molecule has 1 heterocycles. The van der Waals surface area contributed by atoms with Crippen LogP contribution in [0.15, 0.2) is 109 Å².